The van der Waals surface area contributed by atoms with E-state index < -0.39 is 14.9 Å². The highest BCUT2D eigenvalue weighted by atomic mass is 32.2. The van der Waals surface area contributed by atoms with Crippen molar-refractivity contribution in [1.29, 1.82) is 0 Å². The molecule has 0 saturated carbocycles. The Bertz CT molecular complexity index is 1190. The number of hydrogen-bond donors (Lipinski definition) is 1. The number of fused-ring (bicyclic) bond motifs is 1. The second-order valence-electron chi connectivity index (χ2n) is 6.11. The highest BCUT2D eigenvalue weighted by Gasteiger charge is 2.22. The van der Waals surface area contributed by atoms with Crippen LogP contribution >= 0.6 is 0 Å². The number of hydrogen-bond acceptors (Lipinski definition) is 6. The Labute approximate surface area is 155 Å². The summed E-state index contributed by atoms with van der Waals surface area (Å²) < 4.78 is 33.4. The van der Waals surface area contributed by atoms with Crippen LogP contribution in [0.4, 0.5) is 11.4 Å². The minimum absolute atomic E-state index is 0.188. The molecule has 0 atom stereocenters. The molecule has 2 aromatic carbocycles. The minimum Gasteiger partial charge on any atom is -0.461 e. The number of non-ortho nitro benzene ring substituents is 1. The SMILES string of the molecule is CC(=O)c1c(C)oc2ccc(NS(=O)(=O)c3cc([N+](=O)[O-])ccc3C)cc12. The van der Waals surface area contributed by atoms with Crippen LogP contribution in [0.3, 0.4) is 0 Å². The van der Waals surface area contributed by atoms with Gasteiger partial charge in [0.25, 0.3) is 15.7 Å². The zero-order valence-electron chi connectivity index (χ0n) is 14.8. The van der Waals surface area contributed by atoms with Gasteiger partial charge in [-0.05, 0) is 44.5 Å². The molecule has 1 N–H and O–H groups in total. The van der Waals surface area contributed by atoms with E-state index >= 15 is 0 Å². The highest BCUT2D eigenvalue weighted by molar-refractivity contribution is 7.92. The van der Waals surface area contributed by atoms with Gasteiger partial charge in [-0.1, -0.05) is 6.07 Å². The molecule has 0 amide bonds. The van der Waals surface area contributed by atoms with Gasteiger partial charge in [0.15, 0.2) is 5.78 Å². The van der Waals surface area contributed by atoms with E-state index in [0.29, 0.717) is 27.9 Å². The first-order valence-electron chi connectivity index (χ1n) is 7.92. The van der Waals surface area contributed by atoms with Crippen molar-refractivity contribution in [2.45, 2.75) is 25.7 Å². The molecule has 9 heteroatoms. The normalized spacial score (nSPS) is 11.5. The number of ketones is 1. The molecule has 0 spiro atoms. The lowest BCUT2D eigenvalue weighted by Crippen LogP contribution is -2.14. The number of furan rings is 1. The molecule has 0 radical (unpaired) electrons. The van der Waals surface area contributed by atoms with Gasteiger partial charge in [-0.3, -0.25) is 19.6 Å². The van der Waals surface area contributed by atoms with Gasteiger partial charge in [0.1, 0.15) is 11.3 Å². The number of nitrogens with one attached hydrogen (secondary N) is 1. The third-order valence-electron chi connectivity index (χ3n) is 4.14. The number of rotatable bonds is 5. The number of anilines is 1. The first-order valence-corrected chi connectivity index (χ1v) is 9.40. The summed E-state index contributed by atoms with van der Waals surface area (Å²) in [4.78, 5) is 21.9. The Hall–Kier alpha value is -3.20. The zero-order chi connectivity index (χ0) is 19.9. The highest BCUT2D eigenvalue weighted by Crippen LogP contribution is 2.30. The number of carbonyl (C=O) groups excluding carboxylic acids is 1. The van der Waals surface area contributed by atoms with Gasteiger partial charge in [0.2, 0.25) is 0 Å². The van der Waals surface area contributed by atoms with E-state index in [1.54, 1.807) is 19.9 Å². The van der Waals surface area contributed by atoms with Gasteiger partial charge in [-0.15, -0.1) is 0 Å². The maximum atomic E-state index is 12.7. The van der Waals surface area contributed by atoms with Crippen molar-refractivity contribution in [3.63, 3.8) is 0 Å². The minimum atomic E-state index is -4.06. The van der Waals surface area contributed by atoms with E-state index in [4.69, 9.17) is 4.42 Å². The molecule has 0 aliphatic rings. The number of carbonyl (C=O) groups is 1. The number of nitrogens with zero attached hydrogens (tertiary/aromatic N) is 1. The fraction of sp³-hybridized carbons (Fsp3) is 0.167. The van der Waals surface area contributed by atoms with Crippen LogP contribution in [0.2, 0.25) is 0 Å². The average Bonchev–Trinajstić information content (AvgIpc) is 2.89. The van der Waals surface area contributed by atoms with Crippen LogP contribution in [0.15, 0.2) is 45.7 Å². The Kier molecular flexibility index (Phi) is 4.48. The Morgan fingerprint density at radius 2 is 1.85 bits per heavy atom. The van der Waals surface area contributed by atoms with Crippen molar-refractivity contribution in [3.05, 3.63) is 63.4 Å². The van der Waals surface area contributed by atoms with Crippen LogP contribution in [0.25, 0.3) is 11.0 Å². The van der Waals surface area contributed by atoms with E-state index in [2.05, 4.69) is 4.72 Å². The van der Waals surface area contributed by atoms with Crippen LogP contribution in [-0.2, 0) is 10.0 Å². The van der Waals surface area contributed by atoms with E-state index in [-0.39, 0.29) is 22.1 Å². The van der Waals surface area contributed by atoms with Crippen LogP contribution in [0, 0.1) is 24.0 Å². The monoisotopic (exact) mass is 388 g/mol. The first kappa shape index (κ1) is 18.6. The quantitative estimate of drug-likeness (QED) is 0.401. The predicted molar refractivity (Wildman–Crippen MR) is 99.6 cm³/mol. The third kappa shape index (κ3) is 3.41. The van der Waals surface area contributed by atoms with E-state index in [0.717, 1.165) is 6.07 Å². The van der Waals surface area contributed by atoms with Crippen molar-refractivity contribution in [3.8, 4) is 0 Å². The van der Waals surface area contributed by atoms with Crippen LogP contribution in [0.1, 0.15) is 28.6 Å². The van der Waals surface area contributed by atoms with Crippen molar-refractivity contribution in [2.75, 3.05) is 4.72 Å². The van der Waals surface area contributed by atoms with Gasteiger partial charge in [-0.2, -0.15) is 0 Å². The summed E-state index contributed by atoms with van der Waals surface area (Å²) in [6.07, 6.45) is 0. The van der Waals surface area contributed by atoms with Gasteiger partial charge in [0, 0.05) is 23.2 Å². The number of nitro benzene ring substituents is 1. The second kappa shape index (κ2) is 6.51. The molecule has 0 unspecified atom stereocenters. The molecule has 140 valence electrons. The Morgan fingerprint density at radius 1 is 1.15 bits per heavy atom. The molecule has 0 saturated heterocycles. The van der Waals surface area contributed by atoms with Gasteiger partial charge >= 0.3 is 0 Å². The summed E-state index contributed by atoms with van der Waals surface area (Å²) in [5.41, 5.74) is 1.12. The van der Waals surface area contributed by atoms with Crippen molar-refractivity contribution in [2.24, 2.45) is 0 Å². The Morgan fingerprint density at radius 3 is 2.48 bits per heavy atom. The third-order valence-corrected chi connectivity index (χ3v) is 5.66. The molecule has 0 fully saturated rings. The van der Waals surface area contributed by atoms with Crippen molar-refractivity contribution < 1.29 is 22.6 Å². The standard InChI is InChI=1S/C18H16N2O6S/c1-10-4-6-14(20(22)23)9-17(10)27(24,25)19-13-5-7-16-15(8-13)18(11(2)21)12(3)26-16/h4-9,19H,1-3H3. The molecule has 1 heterocycles. The maximum Gasteiger partial charge on any atom is 0.270 e. The summed E-state index contributed by atoms with van der Waals surface area (Å²) in [5.74, 6) is 0.257. The zero-order valence-corrected chi connectivity index (χ0v) is 15.6. The second-order valence-corrected chi connectivity index (χ2v) is 7.76. The summed E-state index contributed by atoms with van der Waals surface area (Å²) in [6.45, 7) is 4.61. The van der Waals surface area contributed by atoms with Crippen LogP contribution < -0.4 is 4.72 Å². The number of sulfonamides is 1. The predicted octanol–water partition coefficient (Wildman–Crippen LogP) is 3.96. The van der Waals surface area contributed by atoms with E-state index in [9.17, 15) is 23.3 Å². The number of benzene rings is 2. The number of Topliss-reactive ketones (excluding diaryl/α,β-unsaturated/α-hetero) is 1. The molecular formula is C18H16N2O6S. The van der Waals surface area contributed by atoms with E-state index in [1.807, 2.05) is 0 Å². The molecule has 0 bridgehead atoms. The lowest BCUT2D eigenvalue weighted by atomic mass is 10.1. The largest absolute Gasteiger partial charge is 0.461 e. The fourth-order valence-electron chi connectivity index (χ4n) is 2.92. The average molecular weight is 388 g/mol. The first-order chi connectivity index (χ1) is 12.6. The molecule has 8 nitrogen and oxygen atoms in total. The van der Waals surface area contributed by atoms with Gasteiger partial charge in [-0.25, -0.2) is 8.42 Å². The topological polar surface area (TPSA) is 120 Å². The summed E-state index contributed by atoms with van der Waals surface area (Å²) >= 11 is 0. The van der Waals surface area contributed by atoms with Gasteiger partial charge < -0.3 is 4.42 Å². The molecular weight excluding hydrogens is 372 g/mol. The number of aryl methyl sites for hydroxylation is 2. The Balaban J connectivity index is 2.06. The van der Waals surface area contributed by atoms with Crippen molar-refractivity contribution in [1.82, 2.24) is 0 Å². The molecule has 3 aromatic rings. The molecule has 27 heavy (non-hydrogen) atoms. The summed E-state index contributed by atoms with van der Waals surface area (Å²) in [5, 5.41) is 11.4. The molecule has 0 aliphatic heterocycles. The van der Waals surface area contributed by atoms with Crippen molar-refractivity contribution >= 4 is 38.2 Å². The summed E-state index contributed by atoms with van der Waals surface area (Å²) in [7, 11) is -4.06. The summed E-state index contributed by atoms with van der Waals surface area (Å²) in [6, 6.07) is 8.20. The molecule has 1 aromatic heterocycles. The van der Waals surface area contributed by atoms with Crippen LogP contribution in [-0.4, -0.2) is 19.1 Å². The van der Waals surface area contributed by atoms with Gasteiger partial charge in [0.05, 0.1) is 15.4 Å². The molecule has 3 rings (SSSR count). The lowest BCUT2D eigenvalue weighted by molar-refractivity contribution is -0.385. The van der Waals surface area contributed by atoms with E-state index in [1.165, 1.54) is 31.2 Å². The molecule has 0 aliphatic carbocycles. The maximum absolute atomic E-state index is 12.7. The number of nitro groups is 1. The van der Waals surface area contributed by atoms with Crippen LogP contribution in [0.5, 0.6) is 0 Å². The lowest BCUT2D eigenvalue weighted by Gasteiger charge is -2.10. The smallest absolute Gasteiger partial charge is 0.270 e. The fourth-order valence-corrected chi connectivity index (χ4v) is 4.24.